The van der Waals surface area contributed by atoms with Gasteiger partial charge < -0.3 is 5.32 Å². The van der Waals surface area contributed by atoms with Gasteiger partial charge in [0.2, 0.25) is 17.7 Å². The zero-order valence-electron chi connectivity index (χ0n) is 13.8. The second-order valence-electron chi connectivity index (χ2n) is 5.77. The van der Waals surface area contributed by atoms with Crippen molar-refractivity contribution in [2.75, 3.05) is 14.1 Å². The molecule has 2 atom stereocenters. The number of hydrogen-bond donors (Lipinski definition) is 1. The molecule has 8 heteroatoms. The van der Waals surface area contributed by atoms with Gasteiger partial charge in [-0.25, -0.2) is 4.39 Å². The van der Waals surface area contributed by atoms with E-state index in [1.807, 2.05) is 0 Å². The third-order valence-corrected chi connectivity index (χ3v) is 3.96. The van der Waals surface area contributed by atoms with E-state index in [4.69, 9.17) is 0 Å². The van der Waals surface area contributed by atoms with E-state index in [0.29, 0.717) is 5.56 Å². The topological polar surface area (TPSA) is 69.7 Å². The maximum Gasteiger partial charge on any atom is 0.247 e. The van der Waals surface area contributed by atoms with Gasteiger partial charge in [-0.3, -0.25) is 24.2 Å². The molecule has 2 rings (SSSR count). The summed E-state index contributed by atoms with van der Waals surface area (Å²) in [6.45, 7) is 1.49. The molecule has 2 unspecified atom stereocenters. The summed E-state index contributed by atoms with van der Waals surface area (Å²) >= 11 is 0. The number of nitrogens with zero attached hydrogens (tertiary/aromatic N) is 2. The second-order valence-corrected chi connectivity index (χ2v) is 5.77. The van der Waals surface area contributed by atoms with Gasteiger partial charge >= 0.3 is 0 Å². The van der Waals surface area contributed by atoms with Crippen LogP contribution in [0.15, 0.2) is 24.3 Å². The summed E-state index contributed by atoms with van der Waals surface area (Å²) in [7, 11) is 3.42. The minimum absolute atomic E-state index is 0. The van der Waals surface area contributed by atoms with Crippen molar-refractivity contribution in [2.24, 2.45) is 0 Å². The standard InChI is InChI=1S/C16H20FN3O3.ClH/c1-10(20-14(21)8-13(16(20)23)19(2)3)15(22)18-9-11-6-4-5-7-12(11)17;/h4-7,10,13H,8-9H2,1-3H3,(H,18,22);1H. The predicted molar refractivity (Wildman–Crippen MR) is 88.9 cm³/mol. The van der Waals surface area contributed by atoms with E-state index in [9.17, 15) is 18.8 Å². The minimum atomic E-state index is -0.924. The van der Waals surface area contributed by atoms with Crippen LogP contribution in [0.5, 0.6) is 0 Å². The van der Waals surface area contributed by atoms with Crippen LogP contribution in [0, 0.1) is 5.82 Å². The van der Waals surface area contributed by atoms with E-state index in [1.54, 1.807) is 37.2 Å². The molecule has 1 fully saturated rings. The number of likely N-dealkylation sites (N-methyl/N-ethyl adjacent to an activating group) is 1. The maximum absolute atomic E-state index is 13.5. The lowest BCUT2D eigenvalue weighted by molar-refractivity contribution is -0.147. The van der Waals surface area contributed by atoms with Crippen molar-refractivity contribution >= 4 is 30.1 Å². The van der Waals surface area contributed by atoms with Crippen LogP contribution in [0.1, 0.15) is 18.9 Å². The Morgan fingerprint density at radius 2 is 2.00 bits per heavy atom. The molecule has 1 heterocycles. The van der Waals surface area contributed by atoms with Crippen LogP contribution in [0.25, 0.3) is 0 Å². The van der Waals surface area contributed by atoms with Crippen LogP contribution in [-0.4, -0.2) is 53.7 Å². The van der Waals surface area contributed by atoms with Gasteiger partial charge in [-0.2, -0.15) is 0 Å². The second kappa shape index (κ2) is 8.21. The fourth-order valence-corrected chi connectivity index (χ4v) is 2.53. The van der Waals surface area contributed by atoms with Crippen LogP contribution in [0.3, 0.4) is 0 Å². The first-order valence-electron chi connectivity index (χ1n) is 7.36. The third kappa shape index (κ3) is 4.10. The summed E-state index contributed by atoms with van der Waals surface area (Å²) in [6.07, 6.45) is 0.0662. The first kappa shape index (κ1) is 20.1. The highest BCUT2D eigenvalue weighted by Gasteiger charge is 2.43. The number of amides is 3. The number of imide groups is 1. The Hall–Kier alpha value is -1.99. The number of carbonyl (C=O) groups is 3. The van der Waals surface area contributed by atoms with Crippen molar-refractivity contribution in [3.8, 4) is 0 Å². The van der Waals surface area contributed by atoms with Gasteiger partial charge in [0.1, 0.15) is 11.9 Å². The van der Waals surface area contributed by atoms with Gasteiger partial charge in [0.25, 0.3) is 0 Å². The van der Waals surface area contributed by atoms with E-state index in [0.717, 1.165) is 4.90 Å². The zero-order valence-corrected chi connectivity index (χ0v) is 14.6. The lowest BCUT2D eigenvalue weighted by atomic mass is 10.2. The quantitative estimate of drug-likeness (QED) is 0.796. The molecule has 132 valence electrons. The average molecular weight is 358 g/mol. The van der Waals surface area contributed by atoms with Crippen LogP contribution in [0.2, 0.25) is 0 Å². The van der Waals surface area contributed by atoms with E-state index >= 15 is 0 Å². The number of halogens is 2. The molecule has 1 aromatic rings. The number of carbonyl (C=O) groups excluding carboxylic acids is 3. The summed E-state index contributed by atoms with van der Waals surface area (Å²) in [5, 5.41) is 2.56. The van der Waals surface area contributed by atoms with Crippen LogP contribution >= 0.6 is 12.4 Å². The van der Waals surface area contributed by atoms with Crippen molar-refractivity contribution in [1.82, 2.24) is 15.1 Å². The summed E-state index contributed by atoms with van der Waals surface area (Å²) in [5.41, 5.74) is 0.346. The zero-order chi connectivity index (χ0) is 17.1. The lowest BCUT2D eigenvalue weighted by Crippen LogP contribution is -2.49. The molecule has 0 saturated carbocycles. The average Bonchev–Trinajstić information content (AvgIpc) is 2.80. The van der Waals surface area contributed by atoms with Crippen molar-refractivity contribution in [2.45, 2.75) is 32.0 Å². The van der Waals surface area contributed by atoms with Gasteiger partial charge in [0.15, 0.2) is 0 Å². The molecular formula is C16H21ClFN3O3. The van der Waals surface area contributed by atoms with Gasteiger partial charge in [-0.05, 0) is 27.1 Å². The molecule has 1 saturated heterocycles. The Labute approximate surface area is 146 Å². The molecule has 1 N–H and O–H groups in total. The molecule has 0 aromatic heterocycles. The SMILES string of the molecule is CC(C(=O)NCc1ccccc1F)N1C(=O)CC(N(C)C)C1=O.Cl. The highest BCUT2D eigenvalue weighted by molar-refractivity contribution is 6.08. The highest BCUT2D eigenvalue weighted by atomic mass is 35.5. The summed E-state index contributed by atoms with van der Waals surface area (Å²) in [5.74, 6) is -1.66. The highest BCUT2D eigenvalue weighted by Crippen LogP contribution is 2.19. The largest absolute Gasteiger partial charge is 0.350 e. The number of benzene rings is 1. The molecule has 0 radical (unpaired) electrons. The molecule has 24 heavy (non-hydrogen) atoms. The first-order chi connectivity index (χ1) is 10.8. The number of likely N-dealkylation sites (tertiary alicyclic amines) is 1. The Bertz CT molecular complexity index is 639. The molecule has 6 nitrogen and oxygen atoms in total. The predicted octanol–water partition coefficient (Wildman–Crippen LogP) is 0.941. The van der Waals surface area contributed by atoms with E-state index in [2.05, 4.69) is 5.32 Å². The number of rotatable bonds is 5. The van der Waals surface area contributed by atoms with Gasteiger partial charge in [0, 0.05) is 12.1 Å². The fraction of sp³-hybridized carbons (Fsp3) is 0.438. The summed E-state index contributed by atoms with van der Waals surface area (Å²) in [4.78, 5) is 39.1. The summed E-state index contributed by atoms with van der Waals surface area (Å²) in [6, 6.07) is 4.64. The lowest BCUT2D eigenvalue weighted by Gasteiger charge is -2.23. The molecule has 1 aliphatic heterocycles. The van der Waals surface area contributed by atoms with E-state index in [-0.39, 0.29) is 37.2 Å². The first-order valence-corrected chi connectivity index (χ1v) is 7.36. The molecule has 1 aliphatic rings. The molecule has 0 aliphatic carbocycles. The summed E-state index contributed by atoms with van der Waals surface area (Å²) < 4.78 is 13.5. The molecule has 3 amide bonds. The normalized spacial score (nSPS) is 18.5. The Kier molecular flexibility index (Phi) is 6.86. The van der Waals surface area contributed by atoms with Gasteiger partial charge in [0.05, 0.1) is 12.5 Å². The van der Waals surface area contributed by atoms with Crippen LogP contribution in [0.4, 0.5) is 4.39 Å². The molecular weight excluding hydrogens is 337 g/mol. The van der Waals surface area contributed by atoms with Crippen molar-refractivity contribution in [3.05, 3.63) is 35.6 Å². The number of nitrogens with one attached hydrogen (secondary N) is 1. The van der Waals surface area contributed by atoms with Crippen molar-refractivity contribution < 1.29 is 18.8 Å². The van der Waals surface area contributed by atoms with Gasteiger partial charge in [-0.15, -0.1) is 12.4 Å². The number of hydrogen-bond acceptors (Lipinski definition) is 4. The Balaban J connectivity index is 0.00000288. The third-order valence-electron chi connectivity index (χ3n) is 3.96. The molecule has 0 spiro atoms. The van der Waals surface area contributed by atoms with Crippen LogP contribution in [-0.2, 0) is 20.9 Å². The van der Waals surface area contributed by atoms with Crippen molar-refractivity contribution in [3.63, 3.8) is 0 Å². The Morgan fingerprint density at radius 3 is 2.54 bits per heavy atom. The Morgan fingerprint density at radius 1 is 1.38 bits per heavy atom. The minimum Gasteiger partial charge on any atom is -0.350 e. The van der Waals surface area contributed by atoms with Crippen molar-refractivity contribution in [1.29, 1.82) is 0 Å². The maximum atomic E-state index is 13.5. The monoisotopic (exact) mass is 357 g/mol. The smallest absolute Gasteiger partial charge is 0.247 e. The fourth-order valence-electron chi connectivity index (χ4n) is 2.53. The van der Waals surface area contributed by atoms with E-state index < -0.39 is 23.8 Å². The molecule has 1 aromatic carbocycles. The van der Waals surface area contributed by atoms with Crippen LogP contribution < -0.4 is 5.32 Å². The molecule has 0 bridgehead atoms. The van der Waals surface area contributed by atoms with Gasteiger partial charge in [-0.1, -0.05) is 18.2 Å². The van der Waals surface area contributed by atoms with E-state index in [1.165, 1.54) is 13.0 Å².